The van der Waals surface area contributed by atoms with E-state index in [-0.39, 0.29) is 30.5 Å². The van der Waals surface area contributed by atoms with Crippen LogP contribution in [0.3, 0.4) is 0 Å². The molecule has 0 unspecified atom stereocenters. The van der Waals surface area contributed by atoms with Crippen LogP contribution in [0.15, 0.2) is 18.2 Å². The van der Waals surface area contributed by atoms with Crippen molar-refractivity contribution in [3.8, 4) is 0 Å². The summed E-state index contributed by atoms with van der Waals surface area (Å²) >= 11 is 0. The van der Waals surface area contributed by atoms with Gasteiger partial charge < -0.3 is 15.4 Å². The molecule has 3 rings (SSSR count). The van der Waals surface area contributed by atoms with Gasteiger partial charge in [-0.1, -0.05) is 26.0 Å². The highest BCUT2D eigenvalue weighted by atomic mass is 35.5. The van der Waals surface area contributed by atoms with E-state index in [2.05, 4.69) is 32.0 Å². The maximum Gasteiger partial charge on any atom is 0.256 e. The lowest BCUT2D eigenvalue weighted by atomic mass is 9.94. The molecule has 23 heavy (non-hydrogen) atoms. The van der Waals surface area contributed by atoms with Crippen LogP contribution in [0.25, 0.3) is 0 Å². The monoisotopic (exact) mass is 338 g/mol. The third-order valence-corrected chi connectivity index (χ3v) is 4.80. The van der Waals surface area contributed by atoms with Crippen molar-refractivity contribution in [2.24, 2.45) is 5.73 Å². The molecule has 2 aliphatic rings. The molecule has 0 spiro atoms. The minimum absolute atomic E-state index is 0. The molecule has 128 valence electrons. The lowest BCUT2D eigenvalue weighted by molar-refractivity contribution is -0.129. The fourth-order valence-electron chi connectivity index (χ4n) is 3.44. The number of aryl methyl sites for hydroxylation is 1. The zero-order chi connectivity index (χ0) is 15.7. The van der Waals surface area contributed by atoms with Gasteiger partial charge in [-0.15, -0.1) is 12.4 Å². The van der Waals surface area contributed by atoms with Crippen LogP contribution in [-0.2, 0) is 16.0 Å². The third-order valence-electron chi connectivity index (χ3n) is 4.80. The number of carbonyl (C=O) groups excluding carboxylic acids is 1. The Kier molecular flexibility index (Phi) is 6.06. The maximum absolute atomic E-state index is 12.8. The van der Waals surface area contributed by atoms with E-state index in [9.17, 15) is 4.79 Å². The Morgan fingerprint density at radius 2 is 2.17 bits per heavy atom. The van der Waals surface area contributed by atoms with Crippen LogP contribution in [0, 0.1) is 0 Å². The fraction of sp³-hybridized carbons (Fsp3) is 0.611. The van der Waals surface area contributed by atoms with Gasteiger partial charge in [-0.25, -0.2) is 0 Å². The van der Waals surface area contributed by atoms with E-state index >= 15 is 0 Å². The highest BCUT2D eigenvalue weighted by Crippen LogP contribution is 2.32. The van der Waals surface area contributed by atoms with Crippen LogP contribution in [0.1, 0.15) is 50.2 Å². The van der Waals surface area contributed by atoms with Crippen LogP contribution in [0.5, 0.6) is 0 Å². The molecule has 2 atom stereocenters. The van der Waals surface area contributed by atoms with Gasteiger partial charge in [-0.2, -0.15) is 0 Å². The zero-order valence-corrected chi connectivity index (χ0v) is 14.8. The highest BCUT2D eigenvalue weighted by Gasteiger charge is 2.34. The molecule has 0 bridgehead atoms. The smallest absolute Gasteiger partial charge is 0.256 e. The molecule has 1 aromatic rings. The van der Waals surface area contributed by atoms with Crippen LogP contribution >= 0.6 is 12.4 Å². The minimum Gasteiger partial charge on any atom is -0.364 e. The van der Waals surface area contributed by atoms with Crippen molar-refractivity contribution in [2.45, 2.75) is 57.7 Å². The Hall–Kier alpha value is -1.10. The van der Waals surface area contributed by atoms with Gasteiger partial charge >= 0.3 is 0 Å². The first-order valence-electron chi connectivity index (χ1n) is 8.40. The summed E-state index contributed by atoms with van der Waals surface area (Å²) in [4.78, 5) is 14.7. The average molecular weight is 339 g/mol. The zero-order valence-electron chi connectivity index (χ0n) is 14.0. The molecule has 1 aromatic carbocycles. The Labute approximate surface area is 144 Å². The summed E-state index contributed by atoms with van der Waals surface area (Å²) in [5.74, 6) is 0.619. The third kappa shape index (κ3) is 3.70. The first-order valence-corrected chi connectivity index (χ1v) is 8.40. The van der Waals surface area contributed by atoms with Crippen molar-refractivity contribution in [3.05, 3.63) is 29.3 Å². The second-order valence-corrected chi connectivity index (χ2v) is 6.70. The quantitative estimate of drug-likeness (QED) is 0.921. The van der Waals surface area contributed by atoms with Gasteiger partial charge in [0.2, 0.25) is 0 Å². The maximum atomic E-state index is 12.8. The summed E-state index contributed by atoms with van der Waals surface area (Å²) in [7, 11) is 0. The van der Waals surface area contributed by atoms with E-state index in [1.807, 2.05) is 4.90 Å². The predicted molar refractivity (Wildman–Crippen MR) is 95.4 cm³/mol. The van der Waals surface area contributed by atoms with E-state index in [1.54, 1.807) is 0 Å². The van der Waals surface area contributed by atoms with Crippen molar-refractivity contribution in [2.75, 3.05) is 18.0 Å². The Morgan fingerprint density at radius 3 is 2.83 bits per heavy atom. The van der Waals surface area contributed by atoms with Crippen molar-refractivity contribution < 1.29 is 9.53 Å². The Morgan fingerprint density at radius 1 is 1.39 bits per heavy atom. The number of nitrogens with two attached hydrogens (primary N) is 1. The van der Waals surface area contributed by atoms with Gasteiger partial charge in [0, 0.05) is 18.8 Å². The first kappa shape index (κ1) is 18.2. The van der Waals surface area contributed by atoms with Crippen molar-refractivity contribution in [1.82, 2.24) is 0 Å². The van der Waals surface area contributed by atoms with Gasteiger partial charge in [0.15, 0.2) is 0 Å². The van der Waals surface area contributed by atoms with E-state index in [0.29, 0.717) is 12.5 Å². The second-order valence-electron chi connectivity index (χ2n) is 6.70. The van der Waals surface area contributed by atoms with E-state index in [1.165, 1.54) is 11.1 Å². The lowest BCUT2D eigenvalue weighted by Gasteiger charge is -2.32. The molecule has 2 N–H and O–H groups in total. The lowest BCUT2D eigenvalue weighted by Crippen LogP contribution is -2.42. The van der Waals surface area contributed by atoms with Crippen molar-refractivity contribution in [1.29, 1.82) is 0 Å². The number of benzene rings is 1. The van der Waals surface area contributed by atoms with Crippen LogP contribution in [0.2, 0.25) is 0 Å². The molecule has 1 amide bonds. The van der Waals surface area contributed by atoms with Gasteiger partial charge in [-0.3, -0.25) is 4.79 Å². The molecule has 2 heterocycles. The number of halogens is 1. The normalized spacial score (nSPS) is 23.6. The molecule has 1 saturated heterocycles. The molecule has 4 nitrogen and oxygen atoms in total. The van der Waals surface area contributed by atoms with E-state index in [4.69, 9.17) is 10.5 Å². The number of anilines is 1. The van der Waals surface area contributed by atoms with Crippen LogP contribution in [0.4, 0.5) is 5.69 Å². The molecular weight excluding hydrogens is 312 g/mol. The van der Waals surface area contributed by atoms with Crippen molar-refractivity contribution in [3.63, 3.8) is 0 Å². The van der Waals surface area contributed by atoms with Gasteiger partial charge in [0.1, 0.15) is 6.10 Å². The number of fused-ring (bicyclic) bond motifs is 1. The summed E-state index contributed by atoms with van der Waals surface area (Å²) < 4.78 is 5.79. The molecule has 1 fully saturated rings. The SMILES string of the molecule is CC(C)c1ccc2c(c1)CCCN2C(=O)[C@@H]1CC[C@H](CN)O1.Cl. The number of ether oxygens (including phenoxy) is 1. The number of hydrogen-bond acceptors (Lipinski definition) is 3. The summed E-state index contributed by atoms with van der Waals surface area (Å²) in [5.41, 5.74) is 9.35. The van der Waals surface area contributed by atoms with Crippen LogP contribution in [-0.4, -0.2) is 31.2 Å². The summed E-state index contributed by atoms with van der Waals surface area (Å²) in [6.07, 6.45) is 3.48. The summed E-state index contributed by atoms with van der Waals surface area (Å²) in [6, 6.07) is 6.52. The molecule has 0 aromatic heterocycles. The summed E-state index contributed by atoms with van der Waals surface area (Å²) in [6.45, 7) is 5.69. The van der Waals surface area contributed by atoms with E-state index in [0.717, 1.165) is 37.9 Å². The number of amides is 1. The number of carbonyl (C=O) groups is 1. The number of rotatable bonds is 3. The van der Waals surface area contributed by atoms with Crippen LogP contribution < -0.4 is 10.6 Å². The predicted octanol–water partition coefficient (Wildman–Crippen LogP) is 3.02. The largest absolute Gasteiger partial charge is 0.364 e. The molecule has 0 aliphatic carbocycles. The number of hydrogen-bond donors (Lipinski definition) is 1. The second kappa shape index (κ2) is 7.65. The van der Waals surface area contributed by atoms with E-state index < -0.39 is 0 Å². The summed E-state index contributed by atoms with van der Waals surface area (Å²) in [5, 5.41) is 0. The average Bonchev–Trinajstić information content (AvgIpc) is 3.02. The Balaban J connectivity index is 0.00000192. The topological polar surface area (TPSA) is 55.6 Å². The van der Waals surface area contributed by atoms with Gasteiger partial charge in [-0.05, 0) is 48.8 Å². The van der Waals surface area contributed by atoms with Gasteiger partial charge in [0.25, 0.3) is 5.91 Å². The Bertz CT molecular complexity index is 562. The molecular formula is C18H27ClN2O2. The fourth-order valence-corrected chi connectivity index (χ4v) is 3.44. The molecule has 2 aliphatic heterocycles. The first-order chi connectivity index (χ1) is 10.6. The highest BCUT2D eigenvalue weighted by molar-refractivity contribution is 5.97. The molecule has 0 saturated carbocycles. The number of nitrogens with zero attached hydrogens (tertiary/aromatic N) is 1. The minimum atomic E-state index is -0.315. The molecule has 0 radical (unpaired) electrons. The standard InChI is InChI=1S/C18H26N2O2.ClH/c1-12(2)13-5-7-16-14(10-13)4-3-9-20(16)18(21)17-8-6-15(11-19)22-17;/h5,7,10,12,15,17H,3-4,6,8-9,11,19H2,1-2H3;1H/t15-,17+;/m1./s1. The molecule has 5 heteroatoms. The van der Waals surface area contributed by atoms with Crippen molar-refractivity contribution >= 4 is 24.0 Å². The van der Waals surface area contributed by atoms with Gasteiger partial charge in [0.05, 0.1) is 6.10 Å².